The number of carbonyl (C=O) groups excluding carboxylic acids is 5. The first-order chi connectivity index (χ1) is 27.7. The number of aromatic nitrogens is 4. The molecule has 328 valence electrons. The first-order valence-electron chi connectivity index (χ1n) is 19.5. The van der Waals surface area contributed by atoms with E-state index in [2.05, 4.69) is 58.9 Å². The number of aromatic amines is 2. The van der Waals surface area contributed by atoms with E-state index in [1.54, 1.807) is 39.2 Å². The second-order valence-corrected chi connectivity index (χ2v) is 21.0. The zero-order chi connectivity index (χ0) is 42.7. The number of rotatable bonds is 12. The summed E-state index contributed by atoms with van der Waals surface area (Å²) in [6.07, 6.45) is 8.46. The molecule has 60 heavy (non-hydrogen) atoms. The Labute approximate surface area is 353 Å². The molecule has 0 saturated heterocycles. The summed E-state index contributed by atoms with van der Waals surface area (Å²) in [7, 11) is -7.44. The van der Waals surface area contributed by atoms with E-state index in [4.69, 9.17) is 4.74 Å². The Morgan fingerprint density at radius 3 is 1.72 bits per heavy atom. The number of ether oxygens (including phenoxy) is 1. The zero-order valence-corrected chi connectivity index (χ0v) is 35.9. The fraction of sp³-hybridized carbons (Fsp3) is 0.595. The number of hydrogen-bond donors (Lipinski definition) is 7. The molecule has 2 aliphatic heterocycles. The highest BCUT2D eigenvalue weighted by Gasteiger charge is 2.62. The van der Waals surface area contributed by atoms with Gasteiger partial charge in [0, 0.05) is 42.6 Å². The molecule has 2 aromatic heterocycles. The molecule has 7 N–H and O–H groups in total. The summed E-state index contributed by atoms with van der Waals surface area (Å²) < 4.78 is 58.5. The number of carbonyl (C=O) groups is 5. The standard InChI is InChI=1S/C21H29N5O6S.C16H21N5O4S.ClH/c1-5-13-8-21(13,18(28)25-33(30,31)14-6-7-14)23-17(27)15-11-26(19(29)32-20(2,3)4)10-12-9-22-24-16(12)15;1-2-10-5-16(10,15(23)21-26(24,25)11-3-4-11)19-14(22)12-8-17-6-9-7-18-20-13(9)12;/h5,9,13-15H,1,6-8,10-11H2,2-4H3,(H,22,24)(H,23,27)(H,25,28);2,7,10-12,17H,1,3-6,8H2,(H,18,20)(H,19,22)(H,21,23);1H/t13-,15?,21-;10-,12?,16-;/m11./s1. The smallest absolute Gasteiger partial charge is 0.410 e. The maximum absolute atomic E-state index is 13.3. The first-order valence-corrected chi connectivity index (χ1v) is 22.6. The van der Waals surface area contributed by atoms with Crippen LogP contribution in [0.25, 0.3) is 0 Å². The number of nitrogens with zero attached hydrogens (tertiary/aromatic N) is 3. The molecule has 0 spiro atoms. The molecule has 4 saturated carbocycles. The molecular weight excluding hydrogens is 844 g/mol. The van der Waals surface area contributed by atoms with Crippen molar-refractivity contribution in [3.05, 3.63) is 60.2 Å². The van der Waals surface area contributed by atoms with Crippen LogP contribution in [0.5, 0.6) is 0 Å². The quantitative estimate of drug-likeness (QED) is 0.144. The van der Waals surface area contributed by atoms with Gasteiger partial charge >= 0.3 is 6.09 Å². The van der Waals surface area contributed by atoms with Crippen molar-refractivity contribution in [2.45, 2.75) is 111 Å². The number of amides is 5. The van der Waals surface area contributed by atoms with Crippen LogP contribution in [0.4, 0.5) is 4.79 Å². The molecule has 4 heterocycles. The number of fused-ring (bicyclic) bond motifs is 2. The van der Waals surface area contributed by atoms with E-state index in [1.807, 2.05) is 0 Å². The van der Waals surface area contributed by atoms with Crippen LogP contribution in [-0.2, 0) is 57.1 Å². The average Bonchev–Trinajstić information content (AvgIpc) is 4.00. The molecule has 23 heteroatoms. The topological polar surface area (TPSA) is 284 Å². The van der Waals surface area contributed by atoms with Gasteiger partial charge in [-0.1, -0.05) is 12.2 Å². The van der Waals surface area contributed by atoms with Gasteiger partial charge in [0.25, 0.3) is 11.8 Å². The molecular formula is C37H51ClN10O10S2. The number of sulfonamides is 2. The molecule has 6 atom stereocenters. The summed E-state index contributed by atoms with van der Waals surface area (Å²) in [4.78, 5) is 65.8. The van der Waals surface area contributed by atoms with Crippen LogP contribution in [0.15, 0.2) is 37.7 Å². The van der Waals surface area contributed by atoms with Gasteiger partial charge < -0.3 is 25.6 Å². The highest BCUT2D eigenvalue weighted by molar-refractivity contribution is 7.91. The third kappa shape index (κ3) is 9.10. The van der Waals surface area contributed by atoms with Crippen molar-refractivity contribution in [3.8, 4) is 0 Å². The summed E-state index contributed by atoms with van der Waals surface area (Å²) >= 11 is 0. The van der Waals surface area contributed by atoms with Gasteiger partial charge in [0.2, 0.25) is 31.9 Å². The molecule has 5 amide bonds. The van der Waals surface area contributed by atoms with Crippen LogP contribution in [0.2, 0.25) is 0 Å². The molecule has 0 bridgehead atoms. The normalized spacial score (nSPS) is 27.8. The SMILES string of the molecule is C=C[C@@H]1C[C@]1(NC(=O)C1CN(C(=O)OC(C)(C)C)Cc2cn[nH]c21)C(=O)NS(=O)(=O)C1CC1.C=C[C@@H]1C[C@]1(NC(=O)C1CNCc2cn[nH]c21)C(=O)NS(=O)(=O)C1CC1.Cl. The van der Waals surface area contributed by atoms with Crippen LogP contribution in [0.1, 0.15) is 93.6 Å². The van der Waals surface area contributed by atoms with Gasteiger partial charge in [-0.2, -0.15) is 10.2 Å². The predicted molar refractivity (Wildman–Crippen MR) is 217 cm³/mol. The molecule has 8 rings (SSSR count). The van der Waals surface area contributed by atoms with Gasteiger partial charge in [-0.05, 0) is 59.3 Å². The third-order valence-electron chi connectivity index (χ3n) is 11.4. The molecule has 0 aromatic carbocycles. The number of hydrogen-bond acceptors (Lipinski definition) is 13. The lowest BCUT2D eigenvalue weighted by atomic mass is 9.95. The molecule has 2 unspecified atom stereocenters. The van der Waals surface area contributed by atoms with Gasteiger partial charge in [0.15, 0.2) is 0 Å². The van der Waals surface area contributed by atoms with Crippen LogP contribution in [0.3, 0.4) is 0 Å². The molecule has 6 aliphatic rings. The summed E-state index contributed by atoms with van der Waals surface area (Å²) in [5.41, 5.74) is -0.512. The Hall–Kier alpha value is -4.80. The summed E-state index contributed by atoms with van der Waals surface area (Å²) in [5.74, 6) is -4.35. The van der Waals surface area contributed by atoms with Gasteiger partial charge in [0.1, 0.15) is 16.7 Å². The Morgan fingerprint density at radius 1 is 0.800 bits per heavy atom. The minimum atomic E-state index is -3.77. The van der Waals surface area contributed by atoms with E-state index >= 15 is 0 Å². The van der Waals surface area contributed by atoms with Crippen molar-refractivity contribution in [3.63, 3.8) is 0 Å². The van der Waals surface area contributed by atoms with Gasteiger partial charge in [0.05, 0.1) is 52.7 Å². The largest absolute Gasteiger partial charge is 0.444 e. The van der Waals surface area contributed by atoms with E-state index in [1.165, 1.54) is 11.0 Å². The lowest BCUT2D eigenvalue weighted by molar-refractivity contribution is -0.130. The fourth-order valence-corrected chi connectivity index (χ4v) is 10.2. The number of H-pyrrole nitrogens is 2. The highest BCUT2D eigenvalue weighted by atomic mass is 35.5. The maximum Gasteiger partial charge on any atom is 0.410 e. The Morgan fingerprint density at radius 2 is 1.27 bits per heavy atom. The van der Waals surface area contributed by atoms with Gasteiger partial charge in [-0.3, -0.25) is 38.8 Å². The van der Waals surface area contributed by atoms with Crippen molar-refractivity contribution in [2.75, 3.05) is 13.1 Å². The van der Waals surface area contributed by atoms with Crippen LogP contribution < -0.4 is 25.4 Å². The first kappa shape index (κ1) is 44.7. The van der Waals surface area contributed by atoms with Crippen molar-refractivity contribution in [1.82, 2.24) is 50.7 Å². The Bertz CT molecular complexity index is 2300. The monoisotopic (exact) mass is 894 g/mol. The highest BCUT2D eigenvalue weighted by Crippen LogP contribution is 2.47. The predicted octanol–water partition coefficient (Wildman–Crippen LogP) is 0.601. The third-order valence-corrected chi connectivity index (χ3v) is 15.0. The summed E-state index contributed by atoms with van der Waals surface area (Å²) in [6, 6.07) is 0. The van der Waals surface area contributed by atoms with E-state index in [0.717, 1.165) is 11.3 Å². The maximum atomic E-state index is 13.3. The Kier molecular flexibility index (Phi) is 12.1. The van der Waals surface area contributed by atoms with E-state index < -0.39 is 88.8 Å². The van der Waals surface area contributed by atoms with Gasteiger partial charge in [-0.15, -0.1) is 25.6 Å². The Balaban J connectivity index is 0.000000203. The average molecular weight is 895 g/mol. The lowest BCUT2D eigenvalue weighted by Crippen LogP contribution is -2.55. The van der Waals surface area contributed by atoms with Crippen molar-refractivity contribution < 1.29 is 45.5 Å². The molecule has 0 radical (unpaired) electrons. The van der Waals surface area contributed by atoms with Gasteiger partial charge in [-0.25, -0.2) is 21.6 Å². The van der Waals surface area contributed by atoms with Crippen LogP contribution in [-0.4, -0.2) is 112 Å². The minimum Gasteiger partial charge on any atom is -0.444 e. The van der Waals surface area contributed by atoms with E-state index in [-0.39, 0.29) is 43.7 Å². The van der Waals surface area contributed by atoms with Crippen molar-refractivity contribution in [1.29, 1.82) is 0 Å². The summed E-state index contributed by atoms with van der Waals surface area (Å²) in [5, 5.41) is 21.2. The summed E-state index contributed by atoms with van der Waals surface area (Å²) in [6.45, 7) is 13.9. The number of halogens is 1. The zero-order valence-electron chi connectivity index (χ0n) is 33.4. The van der Waals surface area contributed by atoms with Crippen molar-refractivity contribution in [2.24, 2.45) is 11.8 Å². The van der Waals surface area contributed by atoms with Crippen molar-refractivity contribution >= 4 is 62.2 Å². The molecule has 4 aliphatic carbocycles. The molecule has 20 nitrogen and oxygen atoms in total. The second-order valence-electron chi connectivity index (χ2n) is 17.1. The second kappa shape index (κ2) is 16.2. The number of nitrogens with one attached hydrogen (secondary N) is 7. The van der Waals surface area contributed by atoms with Crippen LogP contribution in [0, 0.1) is 11.8 Å². The minimum absolute atomic E-state index is 0. The fourth-order valence-electron chi connectivity index (χ4n) is 7.50. The van der Waals surface area contributed by atoms with E-state index in [0.29, 0.717) is 56.5 Å². The molecule has 4 fully saturated rings. The molecule has 2 aromatic rings. The van der Waals surface area contributed by atoms with Crippen LogP contribution >= 0.6 is 12.4 Å². The lowest BCUT2D eigenvalue weighted by Gasteiger charge is -2.33. The van der Waals surface area contributed by atoms with E-state index in [9.17, 15) is 40.8 Å².